The van der Waals surface area contributed by atoms with E-state index in [1.807, 2.05) is 6.92 Å². The quantitative estimate of drug-likeness (QED) is 0.696. The Hall–Kier alpha value is -1.06. The predicted octanol–water partition coefficient (Wildman–Crippen LogP) is 2.61. The van der Waals surface area contributed by atoms with Crippen LogP contribution in [-0.4, -0.2) is 36.5 Å². The number of carbonyl (C=O) groups excluding carboxylic acids is 2. The first-order chi connectivity index (χ1) is 9.08. The summed E-state index contributed by atoms with van der Waals surface area (Å²) in [6.07, 6.45) is 5.03. The lowest BCUT2D eigenvalue weighted by Crippen LogP contribution is -2.41. The molecule has 0 bridgehead atoms. The molecule has 0 radical (unpaired) electrons. The van der Waals surface area contributed by atoms with Crippen molar-refractivity contribution in [1.82, 2.24) is 4.90 Å². The molecular weight excluding hydrogens is 242 g/mol. The number of carbonyl (C=O) groups is 2. The number of nitrogens with zero attached hydrogens (tertiary/aromatic N) is 1. The first kappa shape index (κ1) is 16.0. The van der Waals surface area contributed by atoms with Gasteiger partial charge in [-0.2, -0.15) is 0 Å². The maximum Gasteiger partial charge on any atom is 0.325 e. The van der Waals surface area contributed by atoms with Gasteiger partial charge in [-0.15, -0.1) is 0 Å². The third-order valence-electron chi connectivity index (χ3n) is 3.80. The zero-order valence-electron chi connectivity index (χ0n) is 12.5. The molecule has 0 aromatic rings. The smallest absolute Gasteiger partial charge is 0.325 e. The Labute approximate surface area is 116 Å². The Morgan fingerprint density at radius 1 is 1.16 bits per heavy atom. The molecule has 110 valence electrons. The van der Waals surface area contributed by atoms with Crippen LogP contribution in [0.3, 0.4) is 0 Å². The Morgan fingerprint density at radius 2 is 1.79 bits per heavy atom. The van der Waals surface area contributed by atoms with Crippen molar-refractivity contribution in [2.45, 2.75) is 52.9 Å². The van der Waals surface area contributed by atoms with Crippen LogP contribution >= 0.6 is 0 Å². The molecule has 0 spiro atoms. The first-order valence-corrected chi connectivity index (χ1v) is 7.52. The molecule has 0 aromatic carbocycles. The van der Waals surface area contributed by atoms with Gasteiger partial charge in [0.05, 0.1) is 6.61 Å². The largest absolute Gasteiger partial charge is 0.465 e. The molecule has 4 heteroatoms. The second kappa shape index (κ2) is 8.18. The van der Waals surface area contributed by atoms with E-state index < -0.39 is 0 Å². The number of rotatable bonds is 6. The van der Waals surface area contributed by atoms with Gasteiger partial charge in [0.25, 0.3) is 0 Å². The van der Waals surface area contributed by atoms with Crippen LogP contribution in [0.4, 0.5) is 0 Å². The van der Waals surface area contributed by atoms with Crippen molar-refractivity contribution in [3.05, 3.63) is 0 Å². The monoisotopic (exact) mass is 269 g/mol. The van der Waals surface area contributed by atoms with Gasteiger partial charge in [-0.3, -0.25) is 9.59 Å². The highest BCUT2D eigenvalue weighted by molar-refractivity contribution is 5.83. The highest BCUT2D eigenvalue weighted by Crippen LogP contribution is 2.29. The normalized spacial score (nSPS) is 22.9. The van der Waals surface area contributed by atoms with E-state index in [0.717, 1.165) is 38.0 Å². The maximum absolute atomic E-state index is 12.5. The SMILES string of the molecule is CCCN(CC(=O)OCC)C(=O)C1CCC(C)CC1. The number of esters is 1. The number of hydrogen-bond donors (Lipinski definition) is 0. The van der Waals surface area contributed by atoms with Crippen LogP contribution in [0.1, 0.15) is 52.9 Å². The summed E-state index contributed by atoms with van der Waals surface area (Å²) in [5.41, 5.74) is 0. The fraction of sp³-hybridized carbons (Fsp3) is 0.867. The second-order valence-corrected chi connectivity index (χ2v) is 5.52. The van der Waals surface area contributed by atoms with Crippen molar-refractivity contribution >= 4 is 11.9 Å². The van der Waals surface area contributed by atoms with Crippen molar-refractivity contribution in [2.75, 3.05) is 19.7 Å². The van der Waals surface area contributed by atoms with Gasteiger partial charge < -0.3 is 9.64 Å². The summed E-state index contributed by atoms with van der Waals surface area (Å²) >= 11 is 0. The summed E-state index contributed by atoms with van der Waals surface area (Å²) in [4.78, 5) is 25.7. The Morgan fingerprint density at radius 3 is 2.32 bits per heavy atom. The minimum atomic E-state index is -0.298. The molecule has 1 aliphatic carbocycles. The highest BCUT2D eigenvalue weighted by atomic mass is 16.5. The third kappa shape index (κ3) is 5.21. The molecule has 1 rings (SSSR count). The minimum Gasteiger partial charge on any atom is -0.465 e. The van der Waals surface area contributed by atoms with Crippen LogP contribution in [0, 0.1) is 11.8 Å². The molecule has 1 amide bonds. The standard InChI is InChI=1S/C15H27NO3/c1-4-10-16(11-14(17)19-5-2)15(18)13-8-6-12(3)7-9-13/h12-13H,4-11H2,1-3H3. The number of hydrogen-bond acceptors (Lipinski definition) is 3. The van der Waals surface area contributed by atoms with Gasteiger partial charge in [0.15, 0.2) is 0 Å². The predicted molar refractivity (Wildman–Crippen MR) is 74.6 cm³/mol. The zero-order valence-corrected chi connectivity index (χ0v) is 12.5. The molecule has 0 unspecified atom stereocenters. The summed E-state index contributed by atoms with van der Waals surface area (Å²) in [6.45, 7) is 7.16. The molecule has 4 nitrogen and oxygen atoms in total. The molecule has 0 atom stereocenters. The Kier molecular flexibility index (Phi) is 6.89. The summed E-state index contributed by atoms with van der Waals surface area (Å²) in [6, 6.07) is 0. The van der Waals surface area contributed by atoms with E-state index in [1.165, 1.54) is 0 Å². The van der Waals surface area contributed by atoms with Crippen LogP contribution in [0.5, 0.6) is 0 Å². The summed E-state index contributed by atoms with van der Waals surface area (Å²) in [5.74, 6) is 0.682. The molecule has 1 fully saturated rings. The van der Waals surface area contributed by atoms with Crippen molar-refractivity contribution in [3.8, 4) is 0 Å². The Balaban J connectivity index is 2.54. The fourth-order valence-corrected chi connectivity index (χ4v) is 2.66. The van der Waals surface area contributed by atoms with Gasteiger partial charge in [0, 0.05) is 12.5 Å². The lowest BCUT2D eigenvalue weighted by atomic mass is 9.82. The minimum absolute atomic E-state index is 0.104. The van der Waals surface area contributed by atoms with Crippen molar-refractivity contribution in [2.24, 2.45) is 11.8 Å². The topological polar surface area (TPSA) is 46.6 Å². The summed E-state index contributed by atoms with van der Waals surface area (Å²) < 4.78 is 4.94. The van der Waals surface area contributed by atoms with Crippen molar-refractivity contribution in [3.63, 3.8) is 0 Å². The van der Waals surface area contributed by atoms with Gasteiger partial charge >= 0.3 is 5.97 Å². The van der Waals surface area contributed by atoms with Gasteiger partial charge in [-0.1, -0.05) is 13.8 Å². The lowest BCUT2D eigenvalue weighted by Gasteiger charge is -2.30. The molecule has 0 heterocycles. The average Bonchev–Trinajstić information content (AvgIpc) is 2.38. The van der Waals surface area contributed by atoms with Gasteiger partial charge in [0.1, 0.15) is 6.54 Å². The van der Waals surface area contributed by atoms with E-state index in [-0.39, 0.29) is 24.3 Å². The van der Waals surface area contributed by atoms with Crippen LogP contribution in [0.15, 0.2) is 0 Å². The molecule has 0 saturated heterocycles. The molecule has 0 aromatic heterocycles. The molecule has 1 aliphatic rings. The molecule has 0 aliphatic heterocycles. The lowest BCUT2D eigenvalue weighted by molar-refractivity contribution is -0.150. The Bertz CT molecular complexity index is 296. The highest BCUT2D eigenvalue weighted by Gasteiger charge is 2.28. The summed E-state index contributed by atoms with van der Waals surface area (Å²) in [5, 5.41) is 0. The summed E-state index contributed by atoms with van der Waals surface area (Å²) in [7, 11) is 0. The van der Waals surface area contributed by atoms with Crippen LogP contribution in [-0.2, 0) is 14.3 Å². The first-order valence-electron chi connectivity index (χ1n) is 7.52. The molecule has 19 heavy (non-hydrogen) atoms. The zero-order chi connectivity index (χ0) is 14.3. The van der Waals surface area contributed by atoms with Crippen molar-refractivity contribution in [1.29, 1.82) is 0 Å². The average molecular weight is 269 g/mol. The van der Waals surface area contributed by atoms with Gasteiger partial charge in [-0.05, 0) is 44.9 Å². The van der Waals surface area contributed by atoms with Gasteiger partial charge in [0.2, 0.25) is 5.91 Å². The van der Waals surface area contributed by atoms with E-state index in [1.54, 1.807) is 11.8 Å². The molecular formula is C15H27NO3. The third-order valence-corrected chi connectivity index (χ3v) is 3.80. The van der Waals surface area contributed by atoms with Crippen LogP contribution < -0.4 is 0 Å². The van der Waals surface area contributed by atoms with Crippen LogP contribution in [0.2, 0.25) is 0 Å². The van der Waals surface area contributed by atoms with E-state index in [9.17, 15) is 9.59 Å². The van der Waals surface area contributed by atoms with Crippen molar-refractivity contribution < 1.29 is 14.3 Å². The van der Waals surface area contributed by atoms with Crippen LogP contribution in [0.25, 0.3) is 0 Å². The molecule has 1 saturated carbocycles. The second-order valence-electron chi connectivity index (χ2n) is 5.52. The maximum atomic E-state index is 12.5. The van der Waals surface area contributed by atoms with Gasteiger partial charge in [-0.25, -0.2) is 0 Å². The van der Waals surface area contributed by atoms with E-state index >= 15 is 0 Å². The number of amides is 1. The van der Waals surface area contributed by atoms with E-state index in [2.05, 4.69) is 6.92 Å². The van der Waals surface area contributed by atoms with E-state index in [4.69, 9.17) is 4.74 Å². The molecule has 0 N–H and O–H groups in total. The van der Waals surface area contributed by atoms with E-state index in [0.29, 0.717) is 13.2 Å². The number of ether oxygens (including phenoxy) is 1. The fourth-order valence-electron chi connectivity index (χ4n) is 2.66.